The third kappa shape index (κ3) is 4.73. The zero-order valence-electron chi connectivity index (χ0n) is 12.1. The predicted molar refractivity (Wildman–Crippen MR) is 77.5 cm³/mol. The second kappa shape index (κ2) is 7.56. The maximum absolute atomic E-state index is 11.5. The van der Waals surface area contributed by atoms with Gasteiger partial charge in [0.05, 0.1) is 6.54 Å². The molecule has 1 heterocycles. The van der Waals surface area contributed by atoms with Crippen LogP contribution in [0.1, 0.15) is 31.7 Å². The van der Waals surface area contributed by atoms with Crippen LogP contribution in [0.2, 0.25) is 0 Å². The zero-order chi connectivity index (χ0) is 14.3. The summed E-state index contributed by atoms with van der Waals surface area (Å²) < 4.78 is 0. The Hall–Kier alpha value is -1.85. The van der Waals surface area contributed by atoms with Crippen molar-refractivity contribution in [1.82, 2.24) is 15.3 Å². The molecule has 0 bridgehead atoms. The Labute approximate surface area is 114 Å². The van der Waals surface area contributed by atoms with Gasteiger partial charge in [0, 0.05) is 18.7 Å². The van der Waals surface area contributed by atoms with Gasteiger partial charge in [0.1, 0.15) is 17.5 Å². The molecular formula is C13H23N5O. The largest absolute Gasteiger partial charge is 0.370 e. The summed E-state index contributed by atoms with van der Waals surface area (Å²) in [5, 5.41) is 9.06. The molecule has 3 N–H and O–H groups in total. The van der Waals surface area contributed by atoms with Gasteiger partial charge in [0.2, 0.25) is 5.91 Å². The molecule has 1 aromatic rings. The van der Waals surface area contributed by atoms with E-state index in [1.54, 1.807) is 0 Å². The van der Waals surface area contributed by atoms with Gasteiger partial charge >= 0.3 is 0 Å². The van der Waals surface area contributed by atoms with Crippen LogP contribution in [0.25, 0.3) is 0 Å². The maximum Gasteiger partial charge on any atom is 0.239 e. The molecule has 0 aliphatic rings. The van der Waals surface area contributed by atoms with Crippen molar-refractivity contribution in [2.24, 2.45) is 0 Å². The fraction of sp³-hybridized carbons (Fsp3) is 0.615. The van der Waals surface area contributed by atoms with Crippen LogP contribution in [0.3, 0.4) is 0 Å². The minimum absolute atomic E-state index is 0.0254. The number of hydrogen-bond acceptors (Lipinski definition) is 5. The molecule has 0 saturated carbocycles. The zero-order valence-corrected chi connectivity index (χ0v) is 12.1. The molecule has 0 spiro atoms. The number of nitrogens with one attached hydrogen (secondary N) is 3. The lowest BCUT2D eigenvalue weighted by atomic mass is 10.3. The lowest BCUT2D eigenvalue weighted by molar-refractivity contribution is -0.119. The molecule has 106 valence electrons. The van der Waals surface area contributed by atoms with Gasteiger partial charge in [-0.1, -0.05) is 6.92 Å². The fourth-order valence-electron chi connectivity index (χ4n) is 1.63. The topological polar surface area (TPSA) is 78.9 Å². The molecule has 0 atom stereocenters. The van der Waals surface area contributed by atoms with Gasteiger partial charge in [0.15, 0.2) is 0 Å². The minimum Gasteiger partial charge on any atom is -0.370 e. The molecule has 0 aliphatic carbocycles. The van der Waals surface area contributed by atoms with Crippen LogP contribution in [0, 0.1) is 13.8 Å². The van der Waals surface area contributed by atoms with E-state index in [4.69, 9.17) is 0 Å². The van der Waals surface area contributed by atoms with E-state index in [2.05, 4.69) is 25.9 Å². The molecule has 0 aliphatic heterocycles. The molecule has 0 radical (unpaired) electrons. The van der Waals surface area contributed by atoms with Gasteiger partial charge in [-0.3, -0.25) is 4.79 Å². The predicted octanol–water partition coefficient (Wildman–Crippen LogP) is 1.46. The van der Waals surface area contributed by atoms with Gasteiger partial charge in [-0.05, 0) is 27.2 Å². The molecule has 6 heteroatoms. The van der Waals surface area contributed by atoms with Crippen LogP contribution in [0.5, 0.6) is 0 Å². The van der Waals surface area contributed by atoms with Crippen LogP contribution >= 0.6 is 0 Å². The number of aryl methyl sites for hydroxylation is 1. The van der Waals surface area contributed by atoms with Crippen molar-refractivity contribution in [3.8, 4) is 0 Å². The molecule has 6 nitrogen and oxygen atoms in total. The van der Waals surface area contributed by atoms with Gasteiger partial charge in [-0.2, -0.15) is 0 Å². The van der Waals surface area contributed by atoms with Crippen molar-refractivity contribution in [3.05, 3.63) is 11.4 Å². The Morgan fingerprint density at radius 3 is 2.32 bits per heavy atom. The second-order valence-corrected chi connectivity index (χ2v) is 4.33. The first-order chi connectivity index (χ1) is 9.08. The minimum atomic E-state index is -0.0254. The van der Waals surface area contributed by atoms with Crippen molar-refractivity contribution in [2.75, 3.05) is 30.3 Å². The van der Waals surface area contributed by atoms with E-state index >= 15 is 0 Å². The quantitative estimate of drug-likeness (QED) is 0.695. The van der Waals surface area contributed by atoms with Crippen molar-refractivity contribution < 1.29 is 4.79 Å². The Morgan fingerprint density at radius 2 is 1.74 bits per heavy atom. The standard InChI is InChI=1S/C13H23N5O/c1-5-7-15-11(19)8-16-13-9(3)12(14-6-2)17-10(4)18-13/h5-8H2,1-4H3,(H,15,19)(H2,14,16,17,18). The van der Waals surface area contributed by atoms with Crippen molar-refractivity contribution in [2.45, 2.75) is 34.1 Å². The number of nitrogens with zero attached hydrogens (tertiary/aromatic N) is 2. The first kappa shape index (κ1) is 15.2. The summed E-state index contributed by atoms with van der Waals surface area (Å²) in [7, 11) is 0. The van der Waals surface area contributed by atoms with Crippen molar-refractivity contribution >= 4 is 17.5 Å². The molecule has 1 rings (SSSR count). The lowest BCUT2D eigenvalue weighted by Crippen LogP contribution is -2.30. The van der Waals surface area contributed by atoms with E-state index in [9.17, 15) is 4.79 Å². The summed E-state index contributed by atoms with van der Waals surface area (Å²) in [6, 6.07) is 0. The lowest BCUT2D eigenvalue weighted by Gasteiger charge is -2.13. The summed E-state index contributed by atoms with van der Waals surface area (Å²) in [6.07, 6.45) is 0.932. The number of aromatic nitrogens is 2. The van der Waals surface area contributed by atoms with E-state index in [0.29, 0.717) is 18.2 Å². The summed E-state index contributed by atoms with van der Waals surface area (Å²) in [5.41, 5.74) is 0.927. The van der Waals surface area contributed by atoms with Crippen LogP contribution in [-0.4, -0.2) is 35.5 Å². The number of anilines is 2. The molecule has 1 amide bonds. The average molecular weight is 265 g/mol. The van der Waals surface area contributed by atoms with Gasteiger partial charge in [-0.15, -0.1) is 0 Å². The Bertz CT molecular complexity index is 433. The molecule has 19 heavy (non-hydrogen) atoms. The monoisotopic (exact) mass is 265 g/mol. The van der Waals surface area contributed by atoms with E-state index in [1.807, 2.05) is 27.7 Å². The third-order valence-corrected chi connectivity index (χ3v) is 2.59. The molecule has 1 aromatic heterocycles. The average Bonchev–Trinajstić information content (AvgIpc) is 2.38. The van der Waals surface area contributed by atoms with E-state index in [1.165, 1.54) is 0 Å². The van der Waals surface area contributed by atoms with Crippen LogP contribution < -0.4 is 16.0 Å². The third-order valence-electron chi connectivity index (χ3n) is 2.59. The Balaban J connectivity index is 2.69. The second-order valence-electron chi connectivity index (χ2n) is 4.33. The van der Waals surface area contributed by atoms with Crippen LogP contribution in [0.15, 0.2) is 0 Å². The molecule has 0 saturated heterocycles. The van der Waals surface area contributed by atoms with Gasteiger partial charge in [-0.25, -0.2) is 9.97 Å². The van der Waals surface area contributed by atoms with Crippen LogP contribution in [-0.2, 0) is 4.79 Å². The maximum atomic E-state index is 11.5. The highest BCUT2D eigenvalue weighted by Gasteiger charge is 2.09. The summed E-state index contributed by atoms with van der Waals surface area (Å²) >= 11 is 0. The van der Waals surface area contributed by atoms with Gasteiger partial charge < -0.3 is 16.0 Å². The first-order valence-electron chi connectivity index (χ1n) is 6.68. The number of rotatable bonds is 7. The number of hydrogen-bond donors (Lipinski definition) is 3. The van der Waals surface area contributed by atoms with Crippen molar-refractivity contribution in [1.29, 1.82) is 0 Å². The number of amides is 1. The summed E-state index contributed by atoms with van der Waals surface area (Å²) in [5.74, 6) is 2.17. The summed E-state index contributed by atoms with van der Waals surface area (Å²) in [6.45, 7) is 9.53. The van der Waals surface area contributed by atoms with E-state index in [0.717, 1.165) is 24.3 Å². The van der Waals surface area contributed by atoms with Gasteiger partial charge in [0.25, 0.3) is 0 Å². The highest BCUT2D eigenvalue weighted by Crippen LogP contribution is 2.19. The molecule has 0 fully saturated rings. The molecular weight excluding hydrogens is 242 g/mol. The first-order valence-corrected chi connectivity index (χ1v) is 6.68. The molecule has 0 unspecified atom stereocenters. The molecule has 0 aromatic carbocycles. The smallest absolute Gasteiger partial charge is 0.239 e. The Kier molecular flexibility index (Phi) is 6.05. The van der Waals surface area contributed by atoms with E-state index < -0.39 is 0 Å². The highest BCUT2D eigenvalue weighted by molar-refractivity contribution is 5.80. The van der Waals surface area contributed by atoms with Crippen molar-refractivity contribution in [3.63, 3.8) is 0 Å². The van der Waals surface area contributed by atoms with E-state index in [-0.39, 0.29) is 12.5 Å². The number of carbonyl (C=O) groups is 1. The highest BCUT2D eigenvalue weighted by atomic mass is 16.1. The normalized spacial score (nSPS) is 10.1. The Morgan fingerprint density at radius 1 is 1.11 bits per heavy atom. The fourth-order valence-corrected chi connectivity index (χ4v) is 1.63. The summed E-state index contributed by atoms with van der Waals surface area (Å²) in [4.78, 5) is 20.2. The number of carbonyl (C=O) groups excluding carboxylic acids is 1. The SMILES string of the molecule is CCCNC(=O)CNc1nc(C)nc(NCC)c1C. The van der Waals surface area contributed by atoms with Crippen LogP contribution in [0.4, 0.5) is 11.6 Å².